The minimum absolute atomic E-state index is 0.100. The molecule has 208 valence electrons. The maximum absolute atomic E-state index is 13.0. The first-order chi connectivity index (χ1) is 18.4. The van der Waals surface area contributed by atoms with Gasteiger partial charge < -0.3 is 10.1 Å². The number of aryl methyl sites for hydroxylation is 2. The van der Waals surface area contributed by atoms with Crippen molar-refractivity contribution in [2.24, 2.45) is 4.99 Å². The zero-order chi connectivity index (χ0) is 28.3. The molecule has 1 unspecified atom stereocenters. The van der Waals surface area contributed by atoms with Crippen LogP contribution in [0.3, 0.4) is 0 Å². The van der Waals surface area contributed by atoms with Crippen molar-refractivity contribution in [2.75, 3.05) is 6.54 Å². The van der Waals surface area contributed by atoms with E-state index in [1.807, 2.05) is 56.5 Å². The van der Waals surface area contributed by atoms with Crippen LogP contribution in [0.25, 0.3) is 5.00 Å². The third-order valence-corrected chi connectivity index (χ3v) is 7.98. The van der Waals surface area contributed by atoms with Gasteiger partial charge in [-0.3, -0.25) is 19.1 Å². The Morgan fingerprint density at radius 1 is 1.08 bits per heavy atom. The summed E-state index contributed by atoms with van der Waals surface area (Å²) < 4.78 is 7.39. The number of esters is 1. The van der Waals surface area contributed by atoms with Gasteiger partial charge in [0.25, 0.3) is 0 Å². The van der Waals surface area contributed by atoms with Crippen molar-refractivity contribution in [3.63, 3.8) is 0 Å². The number of ether oxygens (including phenoxy) is 1. The highest BCUT2D eigenvalue weighted by molar-refractivity contribution is 7.15. The topological polar surface area (TPSA) is 98.5 Å². The highest BCUT2D eigenvalue weighted by Crippen LogP contribution is 2.39. The van der Waals surface area contributed by atoms with Gasteiger partial charge in [-0.05, 0) is 72.1 Å². The van der Waals surface area contributed by atoms with E-state index in [4.69, 9.17) is 21.3 Å². The van der Waals surface area contributed by atoms with Crippen LogP contribution in [0.15, 0.2) is 29.3 Å². The number of fused-ring (bicyclic) bond motifs is 3. The third kappa shape index (κ3) is 6.94. The van der Waals surface area contributed by atoms with E-state index in [0.29, 0.717) is 23.8 Å². The highest BCUT2D eigenvalue weighted by atomic mass is 35.5. The number of hydrogen-bond acceptors (Lipinski definition) is 7. The summed E-state index contributed by atoms with van der Waals surface area (Å²) in [7, 11) is 0. The van der Waals surface area contributed by atoms with E-state index >= 15 is 0 Å². The van der Waals surface area contributed by atoms with Crippen LogP contribution in [0.2, 0.25) is 5.02 Å². The van der Waals surface area contributed by atoms with Crippen molar-refractivity contribution in [2.45, 2.75) is 85.3 Å². The predicted molar refractivity (Wildman–Crippen MR) is 155 cm³/mol. The van der Waals surface area contributed by atoms with E-state index < -0.39 is 11.6 Å². The van der Waals surface area contributed by atoms with Crippen LogP contribution in [0.4, 0.5) is 0 Å². The number of nitrogens with zero attached hydrogens (tertiary/aromatic N) is 4. The molecule has 1 N–H and O–H groups in total. The van der Waals surface area contributed by atoms with Gasteiger partial charge in [-0.15, -0.1) is 21.5 Å². The minimum Gasteiger partial charge on any atom is -0.460 e. The molecule has 8 nitrogen and oxygen atoms in total. The molecule has 1 aliphatic rings. The maximum Gasteiger partial charge on any atom is 0.306 e. The molecule has 3 heterocycles. The average Bonchev–Trinajstić information content (AvgIpc) is 3.33. The summed E-state index contributed by atoms with van der Waals surface area (Å²) in [6, 6.07) is 7.14. The first-order valence-corrected chi connectivity index (χ1v) is 14.5. The summed E-state index contributed by atoms with van der Waals surface area (Å²) in [5, 5.41) is 13.5. The van der Waals surface area contributed by atoms with E-state index in [1.165, 1.54) is 4.88 Å². The monoisotopic (exact) mass is 569 g/mol. The quantitative estimate of drug-likeness (QED) is 0.244. The predicted octanol–water partition coefficient (Wildman–Crippen LogP) is 6.21. The van der Waals surface area contributed by atoms with Crippen molar-refractivity contribution in [1.82, 2.24) is 20.1 Å². The van der Waals surface area contributed by atoms with Crippen LogP contribution in [0.1, 0.15) is 92.1 Å². The van der Waals surface area contributed by atoms with Crippen LogP contribution in [-0.4, -0.2) is 44.5 Å². The van der Waals surface area contributed by atoms with Gasteiger partial charge in [0.15, 0.2) is 5.82 Å². The summed E-state index contributed by atoms with van der Waals surface area (Å²) in [5.74, 6) is 1.13. The molecule has 1 aromatic carbocycles. The first kappa shape index (κ1) is 29.0. The third-order valence-electron chi connectivity index (χ3n) is 6.54. The molecule has 1 amide bonds. The van der Waals surface area contributed by atoms with E-state index in [-0.39, 0.29) is 18.3 Å². The zero-order valence-electron chi connectivity index (χ0n) is 23.4. The summed E-state index contributed by atoms with van der Waals surface area (Å²) in [6.07, 6.45) is 2.87. The van der Waals surface area contributed by atoms with Gasteiger partial charge in [-0.2, -0.15) is 0 Å². The summed E-state index contributed by atoms with van der Waals surface area (Å²) in [4.78, 5) is 31.2. The Kier molecular flexibility index (Phi) is 8.91. The minimum atomic E-state index is -0.497. The van der Waals surface area contributed by atoms with Crippen molar-refractivity contribution >= 4 is 40.5 Å². The van der Waals surface area contributed by atoms with Gasteiger partial charge in [0.05, 0.1) is 12.1 Å². The average molecular weight is 570 g/mol. The van der Waals surface area contributed by atoms with Crippen LogP contribution in [-0.2, 0) is 14.3 Å². The number of halogens is 1. The van der Waals surface area contributed by atoms with Gasteiger partial charge in [0, 0.05) is 34.0 Å². The van der Waals surface area contributed by atoms with Crippen LogP contribution in [0.5, 0.6) is 0 Å². The van der Waals surface area contributed by atoms with Gasteiger partial charge in [0.1, 0.15) is 22.5 Å². The van der Waals surface area contributed by atoms with Crippen LogP contribution < -0.4 is 5.32 Å². The van der Waals surface area contributed by atoms with E-state index in [2.05, 4.69) is 29.4 Å². The molecular formula is C29H36ClN5O3S. The molecular weight excluding hydrogens is 534 g/mol. The number of thiophene rings is 1. The zero-order valence-corrected chi connectivity index (χ0v) is 25.0. The van der Waals surface area contributed by atoms with Crippen molar-refractivity contribution in [3.05, 3.63) is 62.5 Å². The second-order valence-corrected chi connectivity index (χ2v) is 12.5. The second kappa shape index (κ2) is 12.0. The standard InChI is InChI=1S/C29H36ClN5O3S/c1-17-18(2)39-28-25(17)26(20-11-13-21(30)14-12-20)32-22(27-34-33-19(3)35(27)28)16-23(36)31-15-9-7-8-10-24(37)38-29(4,5)6/h11-14,22H,7-10,15-16H2,1-6H3,(H,31,36). The Morgan fingerprint density at radius 2 is 1.79 bits per heavy atom. The largest absolute Gasteiger partial charge is 0.460 e. The molecule has 0 radical (unpaired) electrons. The summed E-state index contributed by atoms with van der Waals surface area (Å²) in [5.41, 5.74) is 3.49. The fourth-order valence-electron chi connectivity index (χ4n) is 4.57. The molecule has 4 rings (SSSR count). The number of nitrogens with one attached hydrogen (secondary N) is 1. The Bertz CT molecular complexity index is 1390. The number of carbonyl (C=O) groups is 2. The Morgan fingerprint density at radius 3 is 2.49 bits per heavy atom. The second-order valence-electron chi connectivity index (χ2n) is 10.9. The fourth-order valence-corrected chi connectivity index (χ4v) is 5.91. The molecule has 0 fully saturated rings. The molecule has 0 bridgehead atoms. The number of benzene rings is 1. The maximum atomic E-state index is 13.0. The molecule has 0 saturated carbocycles. The van der Waals surface area contributed by atoms with Crippen molar-refractivity contribution in [3.8, 4) is 5.00 Å². The summed E-state index contributed by atoms with van der Waals surface area (Å²) >= 11 is 7.86. The number of amides is 1. The van der Waals surface area contributed by atoms with Crippen LogP contribution >= 0.6 is 22.9 Å². The number of hydrogen-bond donors (Lipinski definition) is 1. The molecule has 0 aliphatic carbocycles. The lowest BCUT2D eigenvalue weighted by atomic mass is 9.99. The number of aromatic nitrogens is 3. The van der Waals surface area contributed by atoms with Gasteiger partial charge in [0.2, 0.25) is 5.91 Å². The fraction of sp³-hybridized carbons (Fsp3) is 0.483. The van der Waals surface area contributed by atoms with E-state index in [9.17, 15) is 9.59 Å². The van der Waals surface area contributed by atoms with Gasteiger partial charge in [-0.1, -0.05) is 30.2 Å². The normalized spacial score (nSPS) is 14.7. The number of rotatable bonds is 9. The van der Waals surface area contributed by atoms with E-state index in [1.54, 1.807) is 11.3 Å². The first-order valence-electron chi connectivity index (χ1n) is 13.3. The molecule has 1 aliphatic heterocycles. The molecule has 39 heavy (non-hydrogen) atoms. The molecule has 10 heteroatoms. The molecule has 0 saturated heterocycles. The summed E-state index contributed by atoms with van der Waals surface area (Å²) in [6.45, 7) is 12.3. The van der Waals surface area contributed by atoms with Crippen molar-refractivity contribution in [1.29, 1.82) is 0 Å². The van der Waals surface area contributed by atoms with Crippen LogP contribution in [0, 0.1) is 20.8 Å². The van der Waals surface area contributed by atoms with Gasteiger partial charge in [-0.25, -0.2) is 0 Å². The lowest BCUT2D eigenvalue weighted by Gasteiger charge is -2.19. The molecule has 2 aromatic heterocycles. The molecule has 3 aromatic rings. The molecule has 0 spiro atoms. The number of unbranched alkanes of at least 4 members (excludes halogenated alkanes) is 2. The van der Waals surface area contributed by atoms with E-state index in [0.717, 1.165) is 52.5 Å². The SMILES string of the molecule is Cc1sc2c(c1C)C(c1ccc(Cl)cc1)=NC(CC(=O)NCCCCCC(=O)OC(C)(C)C)c1nnc(C)n1-2. The lowest BCUT2D eigenvalue weighted by molar-refractivity contribution is -0.154. The van der Waals surface area contributed by atoms with Gasteiger partial charge >= 0.3 is 5.97 Å². The number of carbonyl (C=O) groups excluding carboxylic acids is 2. The Balaban J connectivity index is 1.48. The van der Waals surface area contributed by atoms with Crippen molar-refractivity contribution < 1.29 is 14.3 Å². The molecule has 1 atom stereocenters. The Hall–Kier alpha value is -3.04. The Labute approximate surface area is 238 Å². The smallest absolute Gasteiger partial charge is 0.306 e. The number of aliphatic imine (C=N–C) groups is 1. The lowest BCUT2D eigenvalue weighted by Crippen LogP contribution is -2.26. The highest BCUT2D eigenvalue weighted by Gasteiger charge is 2.32.